The zero-order valence-electron chi connectivity index (χ0n) is 11.5. The molecule has 1 amide bonds. The smallest absolute Gasteiger partial charge is 0.237 e. The van der Waals surface area contributed by atoms with E-state index in [1.807, 2.05) is 20.8 Å². The van der Waals surface area contributed by atoms with Crippen LogP contribution in [0.4, 0.5) is 0 Å². The van der Waals surface area contributed by atoms with E-state index in [0.29, 0.717) is 10.6 Å². The largest absolute Gasteiger partial charge is 0.387 e. The first-order valence-electron chi connectivity index (χ1n) is 6.18. The molecular formula is C14H21ClN2O2. The number of amides is 1. The van der Waals surface area contributed by atoms with Gasteiger partial charge in [0, 0.05) is 11.6 Å². The number of benzene rings is 1. The highest BCUT2D eigenvalue weighted by atomic mass is 35.5. The first-order valence-corrected chi connectivity index (χ1v) is 6.56. The fourth-order valence-electron chi connectivity index (χ4n) is 1.50. The fourth-order valence-corrected chi connectivity index (χ4v) is 1.63. The molecule has 1 aromatic rings. The van der Waals surface area contributed by atoms with Gasteiger partial charge in [-0.1, -0.05) is 44.5 Å². The molecule has 0 spiro atoms. The fraction of sp³-hybridized carbons (Fsp3) is 0.500. The standard InChI is InChI=1S/C14H21ClN2O2/c1-14(2,3)12(16)13(19)17-8-11(18)9-4-6-10(15)7-5-9/h4-7,11-12,18H,8,16H2,1-3H3,(H,17,19)/t11?,12-/m1/s1. The zero-order chi connectivity index (χ0) is 14.6. The maximum Gasteiger partial charge on any atom is 0.237 e. The van der Waals surface area contributed by atoms with E-state index in [9.17, 15) is 9.90 Å². The summed E-state index contributed by atoms with van der Waals surface area (Å²) in [6.07, 6.45) is -0.770. The predicted molar refractivity (Wildman–Crippen MR) is 76.9 cm³/mol. The van der Waals surface area contributed by atoms with Crippen molar-refractivity contribution in [2.45, 2.75) is 32.9 Å². The van der Waals surface area contributed by atoms with Gasteiger partial charge in [-0.2, -0.15) is 0 Å². The number of hydrogen-bond donors (Lipinski definition) is 3. The Labute approximate surface area is 118 Å². The molecule has 0 aliphatic carbocycles. The monoisotopic (exact) mass is 284 g/mol. The van der Waals surface area contributed by atoms with E-state index in [4.69, 9.17) is 17.3 Å². The Balaban J connectivity index is 2.53. The van der Waals surface area contributed by atoms with Gasteiger partial charge in [-0.15, -0.1) is 0 Å². The summed E-state index contributed by atoms with van der Waals surface area (Å²) in [6.45, 7) is 5.82. The lowest BCUT2D eigenvalue weighted by Crippen LogP contribution is -2.49. The second-order valence-corrected chi connectivity index (χ2v) is 6.09. The quantitative estimate of drug-likeness (QED) is 0.790. The summed E-state index contributed by atoms with van der Waals surface area (Å²) in [7, 11) is 0. The summed E-state index contributed by atoms with van der Waals surface area (Å²) >= 11 is 5.77. The number of nitrogens with two attached hydrogens (primary N) is 1. The van der Waals surface area contributed by atoms with E-state index >= 15 is 0 Å². The lowest BCUT2D eigenvalue weighted by atomic mass is 9.87. The molecule has 0 bridgehead atoms. The Kier molecular flexibility index (Phi) is 5.35. The van der Waals surface area contributed by atoms with Gasteiger partial charge >= 0.3 is 0 Å². The molecule has 0 aliphatic heterocycles. The summed E-state index contributed by atoms with van der Waals surface area (Å²) < 4.78 is 0. The van der Waals surface area contributed by atoms with Crippen molar-refractivity contribution in [1.29, 1.82) is 0 Å². The van der Waals surface area contributed by atoms with Crippen LogP contribution in [0.15, 0.2) is 24.3 Å². The molecule has 0 aliphatic rings. The summed E-state index contributed by atoms with van der Waals surface area (Å²) in [5.41, 5.74) is 6.22. The van der Waals surface area contributed by atoms with Crippen LogP contribution in [0.3, 0.4) is 0 Å². The molecular weight excluding hydrogens is 264 g/mol. The molecule has 0 heterocycles. The number of aliphatic hydroxyl groups excluding tert-OH is 1. The maximum atomic E-state index is 11.8. The molecule has 0 saturated carbocycles. The predicted octanol–water partition coefficient (Wildman–Crippen LogP) is 1.86. The number of aliphatic hydroxyl groups is 1. The zero-order valence-corrected chi connectivity index (χ0v) is 12.2. The third-order valence-electron chi connectivity index (χ3n) is 2.94. The van der Waals surface area contributed by atoms with Crippen molar-refractivity contribution < 1.29 is 9.90 Å². The SMILES string of the molecule is CC(C)(C)[C@H](N)C(=O)NCC(O)c1ccc(Cl)cc1. The molecule has 1 rings (SSSR count). The molecule has 1 unspecified atom stereocenters. The third-order valence-corrected chi connectivity index (χ3v) is 3.19. The van der Waals surface area contributed by atoms with E-state index in [1.54, 1.807) is 24.3 Å². The van der Waals surface area contributed by atoms with Gasteiger partial charge < -0.3 is 16.2 Å². The van der Waals surface area contributed by atoms with Gasteiger partial charge in [0.15, 0.2) is 0 Å². The van der Waals surface area contributed by atoms with Crippen LogP contribution in [-0.4, -0.2) is 23.6 Å². The van der Waals surface area contributed by atoms with E-state index < -0.39 is 12.1 Å². The van der Waals surface area contributed by atoms with Gasteiger partial charge in [-0.25, -0.2) is 0 Å². The summed E-state index contributed by atoms with van der Waals surface area (Å²) in [5, 5.41) is 13.2. The van der Waals surface area contributed by atoms with Crippen molar-refractivity contribution in [3.63, 3.8) is 0 Å². The Bertz CT molecular complexity index is 426. The van der Waals surface area contributed by atoms with Crippen LogP contribution >= 0.6 is 11.6 Å². The Morgan fingerprint density at radius 2 is 1.89 bits per heavy atom. The molecule has 106 valence electrons. The van der Waals surface area contributed by atoms with Crippen molar-refractivity contribution in [2.75, 3.05) is 6.54 Å². The number of carbonyl (C=O) groups is 1. The normalized spacial score (nSPS) is 14.8. The first-order chi connectivity index (χ1) is 8.71. The van der Waals surface area contributed by atoms with E-state index in [0.717, 1.165) is 0 Å². The minimum atomic E-state index is -0.770. The highest BCUT2D eigenvalue weighted by Crippen LogP contribution is 2.18. The van der Waals surface area contributed by atoms with E-state index in [2.05, 4.69) is 5.32 Å². The van der Waals surface area contributed by atoms with Crippen LogP contribution in [0, 0.1) is 5.41 Å². The number of rotatable bonds is 4. The third kappa shape index (κ3) is 4.82. The Morgan fingerprint density at radius 1 is 1.37 bits per heavy atom. The molecule has 5 heteroatoms. The number of hydrogen-bond acceptors (Lipinski definition) is 3. The van der Waals surface area contributed by atoms with Gasteiger partial charge in [0.25, 0.3) is 0 Å². The second-order valence-electron chi connectivity index (χ2n) is 5.66. The minimum Gasteiger partial charge on any atom is -0.387 e. The van der Waals surface area contributed by atoms with Gasteiger partial charge in [0.1, 0.15) is 0 Å². The van der Waals surface area contributed by atoms with Crippen molar-refractivity contribution in [3.05, 3.63) is 34.9 Å². The summed E-state index contributed by atoms with van der Waals surface area (Å²) in [6, 6.07) is 6.24. The van der Waals surface area contributed by atoms with Crippen LogP contribution in [0.2, 0.25) is 5.02 Å². The average Bonchev–Trinajstić information content (AvgIpc) is 2.34. The average molecular weight is 285 g/mol. The van der Waals surface area contributed by atoms with Crippen LogP contribution in [0.5, 0.6) is 0 Å². The van der Waals surface area contributed by atoms with Crippen LogP contribution in [-0.2, 0) is 4.79 Å². The molecule has 1 aromatic carbocycles. The Morgan fingerprint density at radius 3 is 2.37 bits per heavy atom. The first kappa shape index (κ1) is 16.0. The van der Waals surface area contributed by atoms with Gasteiger partial charge in [-0.3, -0.25) is 4.79 Å². The number of carbonyl (C=O) groups excluding carboxylic acids is 1. The highest BCUT2D eigenvalue weighted by Gasteiger charge is 2.27. The molecule has 4 N–H and O–H groups in total. The Hall–Kier alpha value is -1.10. The molecule has 4 nitrogen and oxygen atoms in total. The highest BCUT2D eigenvalue weighted by molar-refractivity contribution is 6.30. The second kappa shape index (κ2) is 6.37. The van der Waals surface area contributed by atoms with Crippen LogP contribution in [0.25, 0.3) is 0 Å². The van der Waals surface area contributed by atoms with Crippen molar-refractivity contribution in [3.8, 4) is 0 Å². The van der Waals surface area contributed by atoms with Crippen molar-refractivity contribution >= 4 is 17.5 Å². The number of halogens is 1. The molecule has 0 aromatic heterocycles. The molecule has 19 heavy (non-hydrogen) atoms. The molecule has 0 radical (unpaired) electrons. The summed E-state index contributed by atoms with van der Waals surface area (Å²) in [5.74, 6) is -0.263. The molecule has 2 atom stereocenters. The van der Waals surface area contributed by atoms with Crippen LogP contribution < -0.4 is 11.1 Å². The van der Waals surface area contributed by atoms with Gasteiger partial charge in [0.05, 0.1) is 12.1 Å². The topological polar surface area (TPSA) is 75.4 Å². The van der Waals surface area contributed by atoms with Crippen LogP contribution in [0.1, 0.15) is 32.4 Å². The van der Waals surface area contributed by atoms with Crippen molar-refractivity contribution in [1.82, 2.24) is 5.32 Å². The van der Waals surface area contributed by atoms with Gasteiger partial charge in [0.2, 0.25) is 5.91 Å². The molecule has 0 saturated heterocycles. The van der Waals surface area contributed by atoms with Crippen molar-refractivity contribution in [2.24, 2.45) is 11.1 Å². The summed E-state index contributed by atoms with van der Waals surface area (Å²) in [4.78, 5) is 11.8. The molecule has 0 fully saturated rings. The minimum absolute atomic E-state index is 0.129. The van der Waals surface area contributed by atoms with E-state index in [1.165, 1.54) is 0 Å². The lowest BCUT2D eigenvalue weighted by Gasteiger charge is -2.26. The lowest BCUT2D eigenvalue weighted by molar-refractivity contribution is -0.125. The van der Waals surface area contributed by atoms with E-state index in [-0.39, 0.29) is 17.9 Å². The van der Waals surface area contributed by atoms with Gasteiger partial charge in [-0.05, 0) is 23.1 Å². The number of nitrogens with one attached hydrogen (secondary N) is 1. The maximum absolute atomic E-state index is 11.8.